The van der Waals surface area contributed by atoms with Crippen molar-refractivity contribution in [2.75, 3.05) is 20.1 Å². The number of aliphatic hydroxyl groups is 1. The Balaban J connectivity index is 2.04. The van der Waals surface area contributed by atoms with E-state index in [1.165, 1.54) is 5.01 Å². The zero-order valence-electron chi connectivity index (χ0n) is 11.6. The van der Waals surface area contributed by atoms with Crippen molar-refractivity contribution in [3.8, 4) is 0 Å². The molecule has 2 aliphatic heterocycles. The van der Waals surface area contributed by atoms with Crippen LogP contribution in [0, 0.1) is 0 Å². The van der Waals surface area contributed by atoms with Gasteiger partial charge in [0, 0.05) is 33.0 Å². The van der Waals surface area contributed by atoms with Gasteiger partial charge >= 0.3 is 0 Å². The lowest BCUT2D eigenvalue weighted by Crippen LogP contribution is -2.41. The van der Waals surface area contributed by atoms with Crippen molar-refractivity contribution < 1.29 is 14.7 Å². The van der Waals surface area contributed by atoms with Crippen molar-refractivity contribution >= 4 is 17.5 Å². The predicted octanol–water partition coefficient (Wildman–Crippen LogP) is 0.358. The van der Waals surface area contributed by atoms with E-state index in [9.17, 15) is 14.7 Å². The Morgan fingerprint density at radius 2 is 2.05 bits per heavy atom. The smallest absolute Gasteiger partial charge is 0.270 e. The Morgan fingerprint density at radius 1 is 1.32 bits per heavy atom. The first kappa shape index (κ1) is 14.0. The maximum atomic E-state index is 12.3. The highest BCUT2D eigenvalue weighted by atomic mass is 16.3. The van der Waals surface area contributed by atoms with Gasteiger partial charge in [-0.05, 0) is 26.2 Å². The van der Waals surface area contributed by atoms with E-state index in [0.29, 0.717) is 44.5 Å². The van der Waals surface area contributed by atoms with E-state index in [2.05, 4.69) is 5.10 Å². The highest BCUT2D eigenvalue weighted by molar-refractivity contribution is 6.39. The second kappa shape index (κ2) is 5.28. The first-order valence-electron chi connectivity index (χ1n) is 6.75. The van der Waals surface area contributed by atoms with E-state index in [0.717, 1.165) is 6.42 Å². The van der Waals surface area contributed by atoms with Crippen LogP contribution in [-0.4, -0.2) is 58.3 Å². The molecule has 1 saturated heterocycles. The van der Waals surface area contributed by atoms with Gasteiger partial charge in [0.2, 0.25) is 5.91 Å². The number of likely N-dealkylation sites (tertiary alicyclic amines) is 1. The topological polar surface area (TPSA) is 73.2 Å². The van der Waals surface area contributed by atoms with Gasteiger partial charge in [-0.3, -0.25) is 9.59 Å². The summed E-state index contributed by atoms with van der Waals surface area (Å²) in [5, 5.41) is 15.3. The van der Waals surface area contributed by atoms with Crippen LogP contribution in [-0.2, 0) is 9.59 Å². The average Bonchev–Trinajstić information content (AvgIpc) is 2.53. The molecule has 6 nitrogen and oxygen atoms in total. The fourth-order valence-electron chi connectivity index (χ4n) is 2.47. The van der Waals surface area contributed by atoms with Crippen LogP contribution in [0.25, 0.3) is 0 Å². The molecular weight excluding hydrogens is 246 g/mol. The number of hydrogen-bond acceptors (Lipinski definition) is 4. The van der Waals surface area contributed by atoms with E-state index in [1.807, 2.05) is 6.92 Å². The third kappa shape index (κ3) is 3.32. The van der Waals surface area contributed by atoms with Crippen LogP contribution in [0.4, 0.5) is 0 Å². The largest absolute Gasteiger partial charge is 0.390 e. The molecule has 0 aromatic heterocycles. The third-order valence-corrected chi connectivity index (χ3v) is 3.81. The molecular formula is C13H21N3O3. The zero-order valence-corrected chi connectivity index (χ0v) is 11.6. The minimum atomic E-state index is -0.684. The normalized spacial score (nSPS) is 29.0. The molecule has 1 atom stereocenters. The van der Waals surface area contributed by atoms with Crippen molar-refractivity contribution in [3.63, 3.8) is 0 Å². The molecule has 2 heterocycles. The Bertz CT molecular complexity index is 417. The Morgan fingerprint density at radius 3 is 2.74 bits per heavy atom. The number of carbonyl (C=O) groups is 2. The summed E-state index contributed by atoms with van der Waals surface area (Å²) in [6, 6.07) is 0. The van der Waals surface area contributed by atoms with Gasteiger partial charge < -0.3 is 10.0 Å². The van der Waals surface area contributed by atoms with Crippen LogP contribution in [0.5, 0.6) is 0 Å². The van der Waals surface area contributed by atoms with Crippen molar-refractivity contribution in [1.29, 1.82) is 0 Å². The standard InChI is InChI=1S/C13H21N3O3/c1-13(19)6-3-8-16(9-7-13)12(18)10-4-5-11(17)15(2)14-10/h19H,3-9H2,1-2H3. The third-order valence-electron chi connectivity index (χ3n) is 3.81. The van der Waals surface area contributed by atoms with Crippen LogP contribution in [0.3, 0.4) is 0 Å². The number of rotatable bonds is 1. The summed E-state index contributed by atoms with van der Waals surface area (Å²) in [4.78, 5) is 25.4. The second-order valence-corrected chi connectivity index (χ2v) is 5.61. The van der Waals surface area contributed by atoms with E-state index >= 15 is 0 Å². The van der Waals surface area contributed by atoms with E-state index in [4.69, 9.17) is 0 Å². The Kier molecular flexibility index (Phi) is 3.89. The lowest BCUT2D eigenvalue weighted by Gasteiger charge is -2.25. The van der Waals surface area contributed by atoms with Gasteiger partial charge in [-0.2, -0.15) is 5.10 Å². The first-order valence-corrected chi connectivity index (χ1v) is 6.75. The lowest BCUT2D eigenvalue weighted by molar-refractivity contribution is -0.130. The zero-order chi connectivity index (χ0) is 14.0. The summed E-state index contributed by atoms with van der Waals surface area (Å²) in [6.45, 7) is 3.00. The number of carbonyl (C=O) groups excluding carboxylic acids is 2. The number of amides is 2. The molecule has 1 unspecified atom stereocenters. The van der Waals surface area contributed by atoms with Gasteiger partial charge in [0.1, 0.15) is 5.71 Å². The van der Waals surface area contributed by atoms with Crippen molar-refractivity contribution in [1.82, 2.24) is 9.91 Å². The molecule has 1 N–H and O–H groups in total. The van der Waals surface area contributed by atoms with Gasteiger partial charge in [0.25, 0.3) is 5.91 Å². The van der Waals surface area contributed by atoms with Crippen molar-refractivity contribution in [3.05, 3.63) is 0 Å². The average molecular weight is 267 g/mol. The molecule has 1 fully saturated rings. The van der Waals surface area contributed by atoms with Crippen LogP contribution < -0.4 is 0 Å². The molecule has 0 aromatic rings. The van der Waals surface area contributed by atoms with Crippen LogP contribution in [0.1, 0.15) is 39.0 Å². The predicted molar refractivity (Wildman–Crippen MR) is 70.5 cm³/mol. The molecule has 6 heteroatoms. The minimum Gasteiger partial charge on any atom is -0.390 e. The fraction of sp³-hybridized carbons (Fsp3) is 0.769. The van der Waals surface area contributed by atoms with Crippen LogP contribution >= 0.6 is 0 Å². The van der Waals surface area contributed by atoms with Crippen molar-refractivity contribution in [2.24, 2.45) is 5.10 Å². The van der Waals surface area contributed by atoms with E-state index in [1.54, 1.807) is 11.9 Å². The molecule has 0 aliphatic carbocycles. The molecule has 2 amide bonds. The summed E-state index contributed by atoms with van der Waals surface area (Å²) in [5.41, 5.74) is -0.237. The fourth-order valence-corrected chi connectivity index (χ4v) is 2.47. The van der Waals surface area contributed by atoms with Gasteiger partial charge in [-0.15, -0.1) is 0 Å². The maximum Gasteiger partial charge on any atom is 0.270 e. The van der Waals surface area contributed by atoms with Crippen LogP contribution in [0.15, 0.2) is 5.10 Å². The lowest BCUT2D eigenvalue weighted by atomic mass is 9.98. The quantitative estimate of drug-likeness (QED) is 0.745. The molecule has 0 aromatic carbocycles. The second-order valence-electron chi connectivity index (χ2n) is 5.61. The maximum absolute atomic E-state index is 12.3. The summed E-state index contributed by atoms with van der Waals surface area (Å²) in [7, 11) is 1.57. The SMILES string of the molecule is CN1N=C(C(=O)N2CCCC(C)(O)CC2)CCC1=O. The first-order chi connectivity index (χ1) is 8.89. The van der Waals surface area contributed by atoms with Crippen molar-refractivity contribution in [2.45, 2.75) is 44.6 Å². The van der Waals surface area contributed by atoms with Gasteiger partial charge in [-0.25, -0.2) is 5.01 Å². The molecule has 106 valence electrons. The summed E-state index contributed by atoms with van der Waals surface area (Å²) in [6.07, 6.45) is 2.84. The number of nitrogens with zero attached hydrogens (tertiary/aromatic N) is 3. The molecule has 2 rings (SSSR count). The monoisotopic (exact) mass is 267 g/mol. The molecule has 0 spiro atoms. The highest BCUT2D eigenvalue weighted by Gasteiger charge is 2.30. The van der Waals surface area contributed by atoms with E-state index < -0.39 is 5.60 Å². The minimum absolute atomic E-state index is 0.0599. The highest BCUT2D eigenvalue weighted by Crippen LogP contribution is 2.22. The summed E-state index contributed by atoms with van der Waals surface area (Å²) in [5.74, 6) is -0.160. The van der Waals surface area contributed by atoms with Gasteiger partial charge in [0.05, 0.1) is 5.60 Å². The Labute approximate surface area is 113 Å². The summed E-state index contributed by atoms with van der Waals surface area (Å²) >= 11 is 0. The van der Waals surface area contributed by atoms with Gasteiger partial charge in [-0.1, -0.05) is 0 Å². The van der Waals surface area contributed by atoms with E-state index in [-0.39, 0.29) is 11.8 Å². The molecule has 0 saturated carbocycles. The molecule has 19 heavy (non-hydrogen) atoms. The summed E-state index contributed by atoms with van der Waals surface area (Å²) < 4.78 is 0. The number of hydrazone groups is 1. The van der Waals surface area contributed by atoms with Crippen LogP contribution in [0.2, 0.25) is 0 Å². The Hall–Kier alpha value is -1.43. The molecule has 2 aliphatic rings. The van der Waals surface area contributed by atoms with Gasteiger partial charge in [0.15, 0.2) is 0 Å². The molecule has 0 radical (unpaired) electrons. The number of hydrogen-bond donors (Lipinski definition) is 1. The molecule has 0 bridgehead atoms.